The van der Waals surface area contributed by atoms with Gasteiger partial charge in [-0.3, -0.25) is 0 Å². The zero-order chi connectivity index (χ0) is 63.2. The van der Waals surface area contributed by atoms with Gasteiger partial charge in [0.1, 0.15) is 0 Å². The number of rotatable bonds is 22. The Morgan fingerprint density at radius 2 is 0.315 bits per heavy atom. The van der Waals surface area contributed by atoms with Crippen LogP contribution in [0.5, 0.6) is 0 Å². The summed E-state index contributed by atoms with van der Waals surface area (Å²) in [5.41, 5.74) is 28.6. The second kappa shape index (κ2) is 29.1. The molecule has 12 rings (SSSR count). The SMILES string of the molecule is Cc1ccc(CN(Cc2ccc(C)cc2)c2ccc(/C=C/c3ccc(N(c4ccc(/C=C/c5ccc(N(Cc6ccc(C)cc6)Cc6ccc(C)cc6)cc5)cc4)c4ccc(/C=C/c5ccc(N(c6ccc(C)cc6)c6ccc(C)cc6)cc5)cc4)cc3)cc2)cc1. The molecule has 4 nitrogen and oxygen atoms in total. The van der Waals surface area contributed by atoms with E-state index in [0.29, 0.717) is 0 Å². The zero-order valence-electron chi connectivity index (χ0n) is 53.8. The summed E-state index contributed by atoms with van der Waals surface area (Å²) in [6, 6.07) is 106. The zero-order valence-corrected chi connectivity index (χ0v) is 53.8. The Morgan fingerprint density at radius 3 is 0.489 bits per heavy atom. The summed E-state index contributed by atoms with van der Waals surface area (Å²) in [5, 5.41) is 0. The Hall–Kier alpha value is -10.9. The van der Waals surface area contributed by atoms with Crippen molar-refractivity contribution in [3.05, 3.63) is 380 Å². The minimum absolute atomic E-state index is 0.829. The van der Waals surface area contributed by atoms with E-state index in [1.165, 1.54) is 67.0 Å². The van der Waals surface area contributed by atoms with Gasteiger partial charge in [-0.05, 0) is 194 Å². The van der Waals surface area contributed by atoms with Crippen LogP contribution < -0.4 is 19.6 Å². The van der Waals surface area contributed by atoms with E-state index in [0.717, 1.165) is 93.7 Å². The Labute approximate surface area is 546 Å². The van der Waals surface area contributed by atoms with Gasteiger partial charge in [0.15, 0.2) is 0 Å². The predicted octanol–water partition coefficient (Wildman–Crippen LogP) is 23.4. The third-order valence-corrected chi connectivity index (χ3v) is 17.1. The van der Waals surface area contributed by atoms with Crippen molar-refractivity contribution in [1.82, 2.24) is 0 Å². The second-order valence-electron chi connectivity index (χ2n) is 24.5. The molecule has 452 valence electrons. The van der Waals surface area contributed by atoms with Crippen LogP contribution in [0.2, 0.25) is 0 Å². The Morgan fingerprint density at radius 1 is 0.174 bits per heavy atom. The van der Waals surface area contributed by atoms with Crippen LogP contribution in [-0.2, 0) is 26.2 Å². The second-order valence-corrected chi connectivity index (χ2v) is 24.5. The van der Waals surface area contributed by atoms with E-state index in [4.69, 9.17) is 0 Å². The molecule has 0 bridgehead atoms. The van der Waals surface area contributed by atoms with Gasteiger partial charge < -0.3 is 19.6 Å². The summed E-state index contributed by atoms with van der Waals surface area (Å²) >= 11 is 0. The van der Waals surface area contributed by atoms with Gasteiger partial charge in [-0.15, -0.1) is 0 Å². The molecule has 0 atom stereocenters. The molecule has 0 aliphatic rings. The molecule has 0 N–H and O–H groups in total. The van der Waals surface area contributed by atoms with Crippen LogP contribution in [0.4, 0.5) is 45.5 Å². The lowest BCUT2D eigenvalue weighted by Crippen LogP contribution is -2.22. The lowest BCUT2D eigenvalue weighted by atomic mass is 10.1. The summed E-state index contributed by atoms with van der Waals surface area (Å²) in [6.07, 6.45) is 13.2. The summed E-state index contributed by atoms with van der Waals surface area (Å²) < 4.78 is 0. The van der Waals surface area contributed by atoms with Crippen molar-refractivity contribution >= 4 is 82.0 Å². The first-order valence-electron chi connectivity index (χ1n) is 32.1. The summed E-state index contributed by atoms with van der Waals surface area (Å²) in [6.45, 7) is 16.2. The van der Waals surface area contributed by atoms with Crippen molar-refractivity contribution in [2.24, 2.45) is 0 Å². The maximum absolute atomic E-state index is 2.46. The van der Waals surface area contributed by atoms with Crippen LogP contribution in [0.3, 0.4) is 0 Å². The van der Waals surface area contributed by atoms with Crippen LogP contribution in [0.15, 0.2) is 291 Å². The van der Waals surface area contributed by atoms with Gasteiger partial charge in [-0.1, -0.05) is 264 Å². The van der Waals surface area contributed by atoms with Crippen molar-refractivity contribution < 1.29 is 0 Å². The Balaban J connectivity index is 0.775. The lowest BCUT2D eigenvalue weighted by molar-refractivity contribution is 0.799. The van der Waals surface area contributed by atoms with Crippen LogP contribution in [0.1, 0.15) is 89.0 Å². The molecule has 0 amide bonds. The van der Waals surface area contributed by atoms with Gasteiger partial charge in [0.2, 0.25) is 0 Å². The first kappa shape index (κ1) is 61.3. The van der Waals surface area contributed by atoms with Crippen LogP contribution >= 0.6 is 0 Å². The van der Waals surface area contributed by atoms with E-state index in [1.807, 2.05) is 0 Å². The van der Waals surface area contributed by atoms with Crippen molar-refractivity contribution in [3.8, 4) is 0 Å². The Kier molecular flexibility index (Phi) is 19.4. The van der Waals surface area contributed by atoms with Crippen molar-refractivity contribution in [1.29, 1.82) is 0 Å². The topological polar surface area (TPSA) is 13.0 Å². The highest BCUT2D eigenvalue weighted by molar-refractivity contribution is 5.82. The summed E-state index contributed by atoms with van der Waals surface area (Å²) in [5.74, 6) is 0. The lowest BCUT2D eigenvalue weighted by Gasteiger charge is -2.26. The Bertz CT molecular complexity index is 4060. The molecule has 12 aromatic carbocycles. The van der Waals surface area contributed by atoms with Crippen molar-refractivity contribution in [2.75, 3.05) is 19.6 Å². The molecule has 12 aromatic rings. The van der Waals surface area contributed by atoms with Crippen LogP contribution in [-0.4, -0.2) is 0 Å². The van der Waals surface area contributed by atoms with E-state index in [9.17, 15) is 0 Å². The first-order chi connectivity index (χ1) is 44.9. The van der Waals surface area contributed by atoms with E-state index < -0.39 is 0 Å². The average molecular weight is 1190 g/mol. The maximum atomic E-state index is 2.46. The molecule has 0 aliphatic heterocycles. The highest BCUT2D eigenvalue weighted by Crippen LogP contribution is 2.38. The highest BCUT2D eigenvalue weighted by atomic mass is 15.2. The van der Waals surface area contributed by atoms with Gasteiger partial charge in [-0.25, -0.2) is 0 Å². The number of hydrogen-bond acceptors (Lipinski definition) is 4. The predicted molar refractivity (Wildman–Crippen MR) is 396 cm³/mol. The third-order valence-electron chi connectivity index (χ3n) is 17.1. The molecule has 0 aliphatic carbocycles. The monoisotopic (exact) mass is 1190 g/mol. The maximum Gasteiger partial charge on any atom is 0.0462 e. The molecular formula is C88H80N4. The van der Waals surface area contributed by atoms with E-state index in [2.05, 4.69) is 389 Å². The minimum Gasteiger partial charge on any atom is -0.363 e. The molecule has 4 heteroatoms. The fourth-order valence-corrected chi connectivity index (χ4v) is 11.5. The number of hydrogen-bond donors (Lipinski definition) is 0. The van der Waals surface area contributed by atoms with Crippen molar-refractivity contribution in [2.45, 2.75) is 67.7 Å². The average Bonchev–Trinajstić information content (AvgIpc) is 3.56. The van der Waals surface area contributed by atoms with Gasteiger partial charge in [0, 0.05) is 71.7 Å². The molecule has 92 heavy (non-hydrogen) atoms. The summed E-state index contributed by atoms with van der Waals surface area (Å²) in [4.78, 5) is 9.58. The van der Waals surface area contributed by atoms with Gasteiger partial charge >= 0.3 is 0 Å². The molecule has 0 saturated heterocycles. The molecule has 0 fully saturated rings. The smallest absolute Gasteiger partial charge is 0.0462 e. The molecular weight excluding hydrogens is 1110 g/mol. The number of nitrogens with zero attached hydrogens (tertiary/aromatic N) is 4. The fraction of sp³-hybridized carbons (Fsp3) is 0.114. The number of benzene rings is 12. The molecule has 0 radical (unpaired) electrons. The van der Waals surface area contributed by atoms with E-state index in [1.54, 1.807) is 0 Å². The van der Waals surface area contributed by atoms with Crippen LogP contribution in [0.25, 0.3) is 36.5 Å². The van der Waals surface area contributed by atoms with Gasteiger partial charge in [0.25, 0.3) is 0 Å². The van der Waals surface area contributed by atoms with Gasteiger partial charge in [0.05, 0.1) is 0 Å². The number of anilines is 8. The molecule has 0 aromatic heterocycles. The normalized spacial score (nSPS) is 11.4. The van der Waals surface area contributed by atoms with E-state index in [-0.39, 0.29) is 0 Å². The third kappa shape index (κ3) is 16.3. The molecule has 0 unspecified atom stereocenters. The van der Waals surface area contributed by atoms with E-state index >= 15 is 0 Å². The first-order valence-corrected chi connectivity index (χ1v) is 32.1. The molecule has 0 saturated carbocycles. The fourth-order valence-electron chi connectivity index (χ4n) is 11.5. The quantitative estimate of drug-likeness (QED) is 0.0627. The summed E-state index contributed by atoms with van der Waals surface area (Å²) in [7, 11) is 0. The van der Waals surface area contributed by atoms with Crippen LogP contribution in [0, 0.1) is 41.5 Å². The standard InChI is InChI=1S/C88H80N4/c1-65-7-19-77(20-8-65)61-89(62-78-21-9-66(2)10-22-78)81-49-33-71(34-50-81)27-29-73-39-55-86(56-40-73)92(88-59-43-76(44-60-88)32-31-75-37-53-85(54-38-75)91(83-45-15-69(5)16-46-83)84-47-17-70(6)18-48-84)87-57-41-74(42-58-87)30-28-72-35-51-82(52-36-72)90(63-79-23-11-67(3)12-24-79)64-80-25-13-68(4)14-26-80/h7-60H,61-64H2,1-6H3/b29-27+,30-28+,32-31+. The van der Waals surface area contributed by atoms with Crippen molar-refractivity contribution in [3.63, 3.8) is 0 Å². The minimum atomic E-state index is 0.829. The highest BCUT2D eigenvalue weighted by Gasteiger charge is 2.16. The van der Waals surface area contributed by atoms with Gasteiger partial charge in [-0.2, -0.15) is 0 Å². The molecule has 0 spiro atoms. The largest absolute Gasteiger partial charge is 0.363 e. The molecule has 0 heterocycles. The number of aryl methyl sites for hydroxylation is 6.